The summed E-state index contributed by atoms with van der Waals surface area (Å²) in [5.74, 6) is 1.90. The lowest BCUT2D eigenvalue weighted by atomic mass is 9.90. The van der Waals surface area contributed by atoms with Crippen molar-refractivity contribution in [1.82, 2.24) is 14.7 Å². The van der Waals surface area contributed by atoms with E-state index in [1.807, 2.05) is 89.6 Å². The third-order valence-corrected chi connectivity index (χ3v) is 8.12. The summed E-state index contributed by atoms with van der Waals surface area (Å²) in [7, 11) is 1.81. The molecule has 1 saturated carbocycles. The number of guanidine groups is 1. The van der Waals surface area contributed by atoms with Crippen molar-refractivity contribution in [2.75, 3.05) is 17.3 Å². The fourth-order valence-electron chi connectivity index (χ4n) is 6.07. The van der Waals surface area contributed by atoms with Crippen LogP contribution in [0.5, 0.6) is 0 Å². The number of nitrogens with zero attached hydrogens (tertiary/aromatic N) is 5. The molecule has 1 aromatic heterocycles. The number of amides is 1. The maximum Gasteiger partial charge on any atom is 0.267 e. The lowest BCUT2D eigenvalue weighted by Crippen LogP contribution is -2.52. The Hall–Kier alpha value is -4.72. The van der Waals surface area contributed by atoms with E-state index in [1.165, 1.54) is 0 Å². The van der Waals surface area contributed by atoms with Crippen molar-refractivity contribution < 1.29 is 9.59 Å². The second-order valence-corrected chi connectivity index (χ2v) is 10.7. The average molecular weight is 531 g/mol. The van der Waals surface area contributed by atoms with E-state index < -0.39 is 0 Å². The molecule has 1 amide bonds. The van der Waals surface area contributed by atoms with Gasteiger partial charge < -0.3 is 5.32 Å². The fourth-order valence-corrected chi connectivity index (χ4v) is 6.07. The smallest absolute Gasteiger partial charge is 0.267 e. The van der Waals surface area contributed by atoms with Gasteiger partial charge in [0.05, 0.1) is 18.6 Å². The number of benzene rings is 3. The second-order valence-electron chi connectivity index (χ2n) is 10.7. The summed E-state index contributed by atoms with van der Waals surface area (Å²) in [6, 6.07) is 27.2. The third kappa shape index (κ3) is 4.07. The van der Waals surface area contributed by atoms with Crippen LogP contribution < -0.4 is 10.2 Å². The molecule has 4 aromatic rings. The summed E-state index contributed by atoms with van der Waals surface area (Å²) in [5, 5.41) is 8.54. The highest BCUT2D eigenvalue weighted by Gasteiger charge is 2.48. The number of nitrogens with one attached hydrogen (secondary N) is 1. The van der Waals surface area contributed by atoms with Gasteiger partial charge in [0.2, 0.25) is 5.96 Å². The number of ketones is 1. The van der Waals surface area contributed by atoms with Gasteiger partial charge in [-0.3, -0.25) is 19.4 Å². The van der Waals surface area contributed by atoms with E-state index in [2.05, 4.69) is 10.2 Å². The number of carbonyl (C=O) groups excluding carboxylic acids is 2. The van der Waals surface area contributed by atoms with Crippen LogP contribution in [0.3, 0.4) is 0 Å². The Kier molecular flexibility index (Phi) is 5.95. The summed E-state index contributed by atoms with van der Waals surface area (Å²) in [6.45, 7) is 0.438. The molecule has 1 fully saturated rings. The van der Waals surface area contributed by atoms with Gasteiger partial charge in [-0.25, -0.2) is 9.67 Å². The predicted molar refractivity (Wildman–Crippen MR) is 155 cm³/mol. The van der Waals surface area contributed by atoms with E-state index in [0.29, 0.717) is 40.8 Å². The molecule has 3 aromatic carbocycles. The lowest BCUT2D eigenvalue weighted by molar-refractivity contribution is 0.0865. The topological polar surface area (TPSA) is 82.8 Å². The van der Waals surface area contributed by atoms with Gasteiger partial charge in [-0.1, -0.05) is 85.6 Å². The summed E-state index contributed by atoms with van der Waals surface area (Å²) in [5.41, 5.74) is 3.72. The lowest BCUT2D eigenvalue weighted by Gasteiger charge is -2.36. The Bertz CT molecular complexity index is 1610. The first-order valence-corrected chi connectivity index (χ1v) is 13.8. The molecule has 1 N–H and O–H groups in total. The van der Waals surface area contributed by atoms with E-state index in [1.54, 1.807) is 11.9 Å². The molecular formula is C32H30N6O2. The third-order valence-electron chi connectivity index (χ3n) is 8.12. The van der Waals surface area contributed by atoms with Crippen LogP contribution in [-0.2, 0) is 6.54 Å². The quantitative estimate of drug-likeness (QED) is 0.334. The van der Waals surface area contributed by atoms with Crippen LogP contribution in [0.15, 0.2) is 89.9 Å². The average Bonchev–Trinajstić information content (AvgIpc) is 3.55. The van der Waals surface area contributed by atoms with Gasteiger partial charge in [0.15, 0.2) is 11.6 Å². The number of rotatable bonds is 6. The van der Waals surface area contributed by atoms with Gasteiger partial charge in [-0.2, -0.15) is 5.10 Å². The first-order chi connectivity index (χ1) is 19.6. The molecule has 0 bridgehead atoms. The van der Waals surface area contributed by atoms with Gasteiger partial charge >= 0.3 is 0 Å². The standard InChI is InChI=1S/C32H30N6O2/c1-36-31(40)27-29(33-24-12-6-3-7-13-24)37(35-30(27)38-26-15-9-8-14-25(26)34-32(36)38)20-21-16-18-23(19-17-21)28(39)22-10-4-2-5-11-22/h2-7,10-13,16-19,25-26,33H,8-9,14-15,20H2,1H3/t25-,26+/m1/s1. The molecule has 3 heterocycles. The van der Waals surface area contributed by atoms with Crippen molar-refractivity contribution in [2.24, 2.45) is 4.99 Å². The molecule has 0 radical (unpaired) electrons. The van der Waals surface area contributed by atoms with E-state index in [9.17, 15) is 9.59 Å². The van der Waals surface area contributed by atoms with E-state index in [4.69, 9.17) is 10.1 Å². The van der Waals surface area contributed by atoms with Crippen molar-refractivity contribution >= 4 is 35.0 Å². The molecule has 0 spiro atoms. The maximum absolute atomic E-state index is 13.8. The first-order valence-electron chi connectivity index (χ1n) is 13.8. The SMILES string of the molecule is CN1C(=O)c2c(nn(Cc3ccc(C(=O)c4ccccc4)cc3)c2Nc2ccccc2)N2C1=N[C@@H]1CCCC[C@@H]12. The van der Waals surface area contributed by atoms with E-state index in [0.717, 1.165) is 36.9 Å². The summed E-state index contributed by atoms with van der Waals surface area (Å²) in [4.78, 5) is 35.5. The molecule has 2 aliphatic heterocycles. The molecule has 8 heteroatoms. The van der Waals surface area contributed by atoms with Crippen LogP contribution in [0, 0.1) is 0 Å². The van der Waals surface area contributed by atoms with Crippen LogP contribution in [0.1, 0.15) is 57.5 Å². The van der Waals surface area contributed by atoms with Crippen molar-refractivity contribution in [3.63, 3.8) is 0 Å². The van der Waals surface area contributed by atoms with Crippen molar-refractivity contribution in [1.29, 1.82) is 0 Å². The van der Waals surface area contributed by atoms with E-state index >= 15 is 0 Å². The number of carbonyl (C=O) groups is 2. The molecule has 40 heavy (non-hydrogen) atoms. The molecule has 200 valence electrons. The first kappa shape index (κ1) is 24.3. The molecule has 7 rings (SSSR count). The highest BCUT2D eigenvalue weighted by molar-refractivity contribution is 6.21. The van der Waals surface area contributed by atoms with Crippen LogP contribution in [0.4, 0.5) is 17.3 Å². The summed E-state index contributed by atoms with van der Waals surface area (Å²) < 4.78 is 1.87. The minimum absolute atomic E-state index is 0.00958. The van der Waals surface area contributed by atoms with Crippen LogP contribution in [-0.4, -0.2) is 51.5 Å². The molecule has 3 aliphatic rings. The van der Waals surface area contributed by atoms with Crippen molar-refractivity contribution in [3.05, 3.63) is 107 Å². The van der Waals surface area contributed by atoms with Gasteiger partial charge in [-0.05, 0) is 30.5 Å². The van der Waals surface area contributed by atoms with Crippen molar-refractivity contribution in [3.8, 4) is 0 Å². The molecule has 0 saturated heterocycles. The molecule has 1 aliphatic carbocycles. The Morgan fingerprint density at radius 1 is 0.900 bits per heavy atom. The summed E-state index contributed by atoms with van der Waals surface area (Å²) >= 11 is 0. The zero-order valence-electron chi connectivity index (χ0n) is 22.3. The zero-order chi connectivity index (χ0) is 27.2. The number of anilines is 3. The molecular weight excluding hydrogens is 500 g/mol. The van der Waals surface area contributed by atoms with Crippen molar-refractivity contribution in [2.45, 2.75) is 44.3 Å². The van der Waals surface area contributed by atoms with Gasteiger partial charge in [0.1, 0.15) is 11.4 Å². The number of fused-ring (bicyclic) bond motifs is 5. The Morgan fingerprint density at radius 2 is 1.57 bits per heavy atom. The van der Waals surface area contributed by atoms with E-state index in [-0.39, 0.29) is 23.8 Å². The Balaban J connectivity index is 1.27. The Labute approximate surface area is 232 Å². The predicted octanol–water partition coefficient (Wildman–Crippen LogP) is 5.48. The maximum atomic E-state index is 13.8. The molecule has 2 atom stereocenters. The number of aromatic nitrogens is 2. The normalized spacial score (nSPS) is 19.5. The highest BCUT2D eigenvalue weighted by atomic mass is 16.2. The minimum Gasteiger partial charge on any atom is -0.340 e. The second kappa shape index (κ2) is 9.79. The largest absolute Gasteiger partial charge is 0.340 e. The van der Waals surface area contributed by atoms with Crippen LogP contribution in [0.25, 0.3) is 0 Å². The summed E-state index contributed by atoms with van der Waals surface area (Å²) in [6.07, 6.45) is 4.38. The molecule has 8 nitrogen and oxygen atoms in total. The number of hydrogen-bond donors (Lipinski definition) is 1. The van der Waals surface area contributed by atoms with Crippen LogP contribution >= 0.6 is 0 Å². The van der Waals surface area contributed by atoms with Gasteiger partial charge in [0, 0.05) is 23.9 Å². The number of hydrogen-bond acceptors (Lipinski definition) is 6. The van der Waals surface area contributed by atoms with Gasteiger partial charge in [-0.15, -0.1) is 0 Å². The van der Waals surface area contributed by atoms with Gasteiger partial charge in [0.25, 0.3) is 5.91 Å². The highest BCUT2D eigenvalue weighted by Crippen LogP contribution is 2.42. The fraction of sp³-hybridized carbons (Fsp3) is 0.250. The molecule has 0 unspecified atom stereocenters. The Morgan fingerprint density at radius 3 is 2.33 bits per heavy atom. The monoisotopic (exact) mass is 530 g/mol. The number of para-hydroxylation sites is 1. The number of aliphatic imine (C=N–C) groups is 1. The minimum atomic E-state index is -0.114. The van der Waals surface area contributed by atoms with Crippen LogP contribution in [0.2, 0.25) is 0 Å². The zero-order valence-corrected chi connectivity index (χ0v) is 22.3.